The molecule has 2 aromatic carbocycles. The van der Waals surface area contributed by atoms with E-state index in [0.29, 0.717) is 35.9 Å². The molecule has 0 bridgehead atoms. The van der Waals surface area contributed by atoms with Crippen molar-refractivity contribution in [3.63, 3.8) is 0 Å². The number of carbonyl (C=O) groups is 1. The van der Waals surface area contributed by atoms with Crippen LogP contribution in [0.1, 0.15) is 16.1 Å². The molecule has 2 aromatic heterocycles. The van der Waals surface area contributed by atoms with E-state index < -0.39 is 0 Å². The number of hydrogen-bond acceptors (Lipinski definition) is 4. The van der Waals surface area contributed by atoms with Gasteiger partial charge < -0.3 is 19.0 Å². The van der Waals surface area contributed by atoms with Gasteiger partial charge in [0.1, 0.15) is 17.9 Å². The monoisotopic (exact) mass is 439 g/mol. The van der Waals surface area contributed by atoms with Crippen LogP contribution in [0.4, 0.5) is 5.69 Å². The molecule has 0 saturated carbocycles. The van der Waals surface area contributed by atoms with Crippen molar-refractivity contribution < 1.29 is 13.9 Å². The van der Waals surface area contributed by atoms with E-state index in [4.69, 9.17) is 9.15 Å². The molecule has 1 N–H and O–H groups in total. The number of ether oxygens (including phenoxy) is 1. The van der Waals surface area contributed by atoms with Crippen molar-refractivity contribution in [2.24, 2.45) is 0 Å². The molecule has 0 spiro atoms. The molecular weight excluding hydrogens is 422 g/mol. The fraction of sp³-hybridized carbons (Fsp3) is 0.143. The number of aromatic nitrogens is 2. The average Bonchev–Trinajstić information content (AvgIpc) is 3.31. The molecule has 2 heterocycles. The molecule has 142 valence electrons. The largest absolute Gasteiger partial charge is 0.490 e. The maximum atomic E-state index is 12.8. The molecule has 0 aliphatic rings. The van der Waals surface area contributed by atoms with Gasteiger partial charge in [0.2, 0.25) is 0 Å². The predicted octanol–water partition coefficient (Wildman–Crippen LogP) is 5.03. The second kappa shape index (κ2) is 7.90. The van der Waals surface area contributed by atoms with Crippen molar-refractivity contribution in [1.29, 1.82) is 0 Å². The van der Waals surface area contributed by atoms with Crippen LogP contribution in [0, 0.1) is 6.92 Å². The summed E-state index contributed by atoms with van der Waals surface area (Å²) in [7, 11) is 0. The number of furan rings is 1. The molecule has 0 radical (unpaired) electrons. The lowest BCUT2D eigenvalue weighted by Crippen LogP contribution is -2.14. The van der Waals surface area contributed by atoms with Crippen molar-refractivity contribution in [1.82, 2.24) is 9.55 Å². The Morgan fingerprint density at radius 2 is 2.14 bits per heavy atom. The Morgan fingerprint density at radius 3 is 2.96 bits per heavy atom. The predicted molar refractivity (Wildman–Crippen MR) is 111 cm³/mol. The number of nitrogens with zero attached hydrogens (tertiary/aromatic N) is 2. The lowest BCUT2D eigenvalue weighted by Gasteiger charge is -2.12. The molecular formula is C21H18BrN3O3. The number of carbonyl (C=O) groups excluding carboxylic acids is 1. The van der Waals surface area contributed by atoms with Crippen LogP contribution in [-0.2, 0) is 6.54 Å². The number of hydrogen-bond donors (Lipinski definition) is 1. The Morgan fingerprint density at radius 1 is 1.29 bits per heavy atom. The van der Waals surface area contributed by atoms with Crippen LogP contribution in [0.5, 0.6) is 5.75 Å². The van der Waals surface area contributed by atoms with Crippen LogP contribution in [0.3, 0.4) is 0 Å². The summed E-state index contributed by atoms with van der Waals surface area (Å²) in [6.45, 7) is 3.00. The highest BCUT2D eigenvalue weighted by Crippen LogP contribution is 2.30. The lowest BCUT2D eigenvalue weighted by molar-refractivity contribution is 0.0997. The fourth-order valence-corrected chi connectivity index (χ4v) is 3.33. The number of halogens is 1. The van der Waals surface area contributed by atoms with E-state index in [1.54, 1.807) is 18.6 Å². The normalized spacial score (nSPS) is 10.9. The number of benzene rings is 2. The van der Waals surface area contributed by atoms with Gasteiger partial charge in [0.25, 0.3) is 5.91 Å². The van der Waals surface area contributed by atoms with E-state index in [-0.39, 0.29) is 5.91 Å². The van der Waals surface area contributed by atoms with E-state index in [1.165, 1.54) is 0 Å². The van der Waals surface area contributed by atoms with Gasteiger partial charge in [0.15, 0.2) is 5.76 Å². The summed E-state index contributed by atoms with van der Waals surface area (Å²) in [5.41, 5.74) is 2.07. The molecule has 0 aliphatic carbocycles. The van der Waals surface area contributed by atoms with Crippen LogP contribution in [-0.4, -0.2) is 22.1 Å². The molecule has 28 heavy (non-hydrogen) atoms. The number of imidazole rings is 1. The Kier molecular flexibility index (Phi) is 5.16. The number of nitrogens with one attached hydrogen (secondary N) is 1. The third-order valence-corrected chi connectivity index (χ3v) is 4.90. The number of anilines is 1. The molecule has 0 fully saturated rings. The van der Waals surface area contributed by atoms with Gasteiger partial charge in [-0.1, -0.05) is 28.1 Å². The fourth-order valence-electron chi connectivity index (χ4n) is 2.96. The second-order valence-corrected chi connectivity index (χ2v) is 7.21. The molecule has 4 rings (SSSR count). The summed E-state index contributed by atoms with van der Waals surface area (Å²) in [4.78, 5) is 16.8. The van der Waals surface area contributed by atoms with Crippen LogP contribution in [0.15, 0.2) is 70.1 Å². The first kappa shape index (κ1) is 18.3. The first-order valence-electron chi connectivity index (χ1n) is 8.79. The van der Waals surface area contributed by atoms with E-state index in [0.717, 1.165) is 15.4 Å². The Bertz CT molecular complexity index is 1120. The number of aryl methyl sites for hydroxylation is 1. The highest BCUT2D eigenvalue weighted by atomic mass is 79.9. The van der Waals surface area contributed by atoms with Gasteiger partial charge in [-0.25, -0.2) is 4.98 Å². The number of fused-ring (bicyclic) bond motifs is 1. The molecule has 0 aliphatic heterocycles. The SMILES string of the molecule is Cc1c(C(=O)Nc2ccccc2OCCn2ccnc2)oc2ccc(Br)cc12. The van der Waals surface area contributed by atoms with Gasteiger partial charge in [-0.05, 0) is 37.3 Å². The molecule has 0 saturated heterocycles. The topological polar surface area (TPSA) is 69.3 Å². The van der Waals surface area contributed by atoms with Crippen LogP contribution in [0.2, 0.25) is 0 Å². The van der Waals surface area contributed by atoms with E-state index in [2.05, 4.69) is 26.2 Å². The van der Waals surface area contributed by atoms with Crippen molar-refractivity contribution in [2.45, 2.75) is 13.5 Å². The van der Waals surface area contributed by atoms with Gasteiger partial charge in [-0.2, -0.15) is 0 Å². The Labute approximate surface area is 170 Å². The Balaban J connectivity index is 1.51. The minimum absolute atomic E-state index is 0.293. The first-order valence-corrected chi connectivity index (χ1v) is 9.58. The van der Waals surface area contributed by atoms with Crippen molar-refractivity contribution in [3.05, 3.63) is 77.0 Å². The highest BCUT2D eigenvalue weighted by Gasteiger charge is 2.19. The summed E-state index contributed by atoms with van der Waals surface area (Å²) >= 11 is 3.45. The van der Waals surface area contributed by atoms with Gasteiger partial charge in [0.05, 0.1) is 18.6 Å². The van der Waals surface area contributed by atoms with Gasteiger partial charge in [0, 0.05) is 27.8 Å². The average molecular weight is 440 g/mol. The van der Waals surface area contributed by atoms with Crippen LogP contribution < -0.4 is 10.1 Å². The van der Waals surface area contributed by atoms with Gasteiger partial charge in [-0.3, -0.25) is 4.79 Å². The summed E-state index contributed by atoms with van der Waals surface area (Å²) < 4.78 is 14.5. The highest BCUT2D eigenvalue weighted by molar-refractivity contribution is 9.10. The summed E-state index contributed by atoms with van der Waals surface area (Å²) in [5, 5.41) is 3.81. The third kappa shape index (κ3) is 3.80. The minimum atomic E-state index is -0.310. The van der Waals surface area contributed by atoms with Crippen LogP contribution >= 0.6 is 15.9 Å². The van der Waals surface area contributed by atoms with Crippen LogP contribution in [0.25, 0.3) is 11.0 Å². The van der Waals surface area contributed by atoms with Crippen molar-refractivity contribution in [2.75, 3.05) is 11.9 Å². The standard InChI is InChI=1S/C21H18BrN3O3/c1-14-16-12-15(22)6-7-18(16)28-20(14)21(26)24-17-4-2-3-5-19(17)27-11-10-25-9-8-23-13-25/h2-9,12-13H,10-11H2,1H3,(H,24,26). The van der Waals surface area contributed by atoms with E-state index in [1.807, 2.05) is 54.1 Å². The maximum absolute atomic E-state index is 12.8. The summed E-state index contributed by atoms with van der Waals surface area (Å²) in [6, 6.07) is 13.0. The zero-order chi connectivity index (χ0) is 19.5. The molecule has 7 heteroatoms. The first-order chi connectivity index (χ1) is 13.6. The molecule has 0 unspecified atom stereocenters. The number of amides is 1. The maximum Gasteiger partial charge on any atom is 0.291 e. The summed E-state index contributed by atoms with van der Waals surface area (Å²) in [6.07, 6.45) is 5.34. The molecule has 0 atom stereocenters. The van der Waals surface area contributed by atoms with E-state index >= 15 is 0 Å². The zero-order valence-electron chi connectivity index (χ0n) is 15.2. The second-order valence-electron chi connectivity index (χ2n) is 6.30. The van der Waals surface area contributed by atoms with Crippen molar-refractivity contribution in [3.8, 4) is 5.75 Å². The zero-order valence-corrected chi connectivity index (χ0v) is 16.8. The smallest absolute Gasteiger partial charge is 0.291 e. The number of para-hydroxylation sites is 2. The molecule has 6 nitrogen and oxygen atoms in total. The molecule has 1 amide bonds. The minimum Gasteiger partial charge on any atom is -0.490 e. The number of rotatable bonds is 6. The Hall–Kier alpha value is -3.06. The molecule has 4 aromatic rings. The van der Waals surface area contributed by atoms with E-state index in [9.17, 15) is 4.79 Å². The quantitative estimate of drug-likeness (QED) is 0.457. The van der Waals surface area contributed by atoms with Gasteiger partial charge in [-0.15, -0.1) is 0 Å². The third-order valence-electron chi connectivity index (χ3n) is 4.41. The van der Waals surface area contributed by atoms with Gasteiger partial charge >= 0.3 is 0 Å². The lowest BCUT2D eigenvalue weighted by atomic mass is 10.1. The van der Waals surface area contributed by atoms with Crippen molar-refractivity contribution >= 4 is 38.5 Å². The summed E-state index contributed by atoms with van der Waals surface area (Å²) in [5.74, 6) is 0.587.